The quantitative estimate of drug-likeness (QED) is 0.748. The Morgan fingerprint density at radius 3 is 2.38 bits per heavy atom. The second-order valence-corrected chi connectivity index (χ2v) is 6.00. The van der Waals surface area contributed by atoms with E-state index >= 15 is 0 Å². The molecule has 0 amide bonds. The fourth-order valence-corrected chi connectivity index (χ4v) is 1.78. The van der Waals surface area contributed by atoms with E-state index in [-0.39, 0.29) is 5.75 Å². The van der Waals surface area contributed by atoms with Crippen molar-refractivity contribution < 1.29 is 18.3 Å². The van der Waals surface area contributed by atoms with E-state index in [0.29, 0.717) is 0 Å². The third kappa shape index (κ3) is 10.4. The molecule has 2 N–H and O–H groups in total. The number of hydrogen-bond donors (Lipinski definition) is 1. The van der Waals surface area contributed by atoms with Gasteiger partial charge in [0.2, 0.25) is 0 Å². The van der Waals surface area contributed by atoms with Crippen molar-refractivity contribution in [1.82, 2.24) is 0 Å². The van der Waals surface area contributed by atoms with Gasteiger partial charge in [-0.2, -0.15) is 0 Å². The molecule has 1 aliphatic rings. The predicted molar refractivity (Wildman–Crippen MR) is 64.1 cm³/mol. The molecule has 5 heteroatoms. The average molecular weight is 251 g/mol. The lowest BCUT2D eigenvalue weighted by Crippen LogP contribution is -2.87. The third-order valence-corrected chi connectivity index (χ3v) is 3.55. The standard InChI is InChI=1S/C9H19N.C2H6O3S/c1-2-3-5-9-6-4-7-10-8-9;1-2-6(3,4)5/h9-10H,2-8H2,1H3;2H2,1H3,(H,3,4,5). The highest BCUT2D eigenvalue weighted by molar-refractivity contribution is 7.85. The fourth-order valence-electron chi connectivity index (χ4n) is 1.78. The Labute approximate surface area is 99.6 Å². The molecule has 1 unspecified atom stereocenters. The first-order valence-corrected chi connectivity index (χ1v) is 7.82. The van der Waals surface area contributed by atoms with Crippen LogP contribution in [0, 0.1) is 5.92 Å². The Hall–Kier alpha value is -0.130. The molecule has 1 heterocycles. The van der Waals surface area contributed by atoms with Crippen LogP contribution in [0.4, 0.5) is 0 Å². The van der Waals surface area contributed by atoms with Gasteiger partial charge in [-0.1, -0.05) is 26.7 Å². The maximum atomic E-state index is 9.44. The maximum absolute atomic E-state index is 9.44. The minimum atomic E-state index is -3.91. The molecule has 98 valence electrons. The van der Waals surface area contributed by atoms with Crippen LogP contribution in [0.1, 0.15) is 46.0 Å². The second kappa shape index (κ2) is 8.96. The van der Waals surface area contributed by atoms with E-state index in [1.165, 1.54) is 52.1 Å². The molecule has 0 aromatic heterocycles. The van der Waals surface area contributed by atoms with Gasteiger partial charge in [0, 0.05) is 11.7 Å². The van der Waals surface area contributed by atoms with Gasteiger partial charge in [0.05, 0.1) is 23.2 Å². The molecule has 0 spiro atoms. The van der Waals surface area contributed by atoms with Gasteiger partial charge in [0.15, 0.2) is 0 Å². The fraction of sp³-hybridized carbons (Fsp3) is 1.00. The van der Waals surface area contributed by atoms with Crippen LogP contribution >= 0.6 is 0 Å². The van der Waals surface area contributed by atoms with Gasteiger partial charge in [-0.3, -0.25) is 0 Å². The zero-order chi connectivity index (χ0) is 12.4. The summed E-state index contributed by atoms with van der Waals surface area (Å²) in [7, 11) is -3.91. The van der Waals surface area contributed by atoms with Crippen LogP contribution in [0.3, 0.4) is 0 Å². The van der Waals surface area contributed by atoms with E-state index in [0.717, 1.165) is 5.92 Å². The van der Waals surface area contributed by atoms with E-state index < -0.39 is 10.1 Å². The van der Waals surface area contributed by atoms with Crippen molar-refractivity contribution in [1.29, 1.82) is 0 Å². The van der Waals surface area contributed by atoms with E-state index in [9.17, 15) is 13.0 Å². The van der Waals surface area contributed by atoms with Crippen molar-refractivity contribution >= 4 is 10.1 Å². The topological polar surface area (TPSA) is 73.8 Å². The smallest absolute Gasteiger partial charge is 0.0943 e. The maximum Gasteiger partial charge on any atom is 0.0943 e. The number of rotatable bonds is 4. The summed E-state index contributed by atoms with van der Waals surface area (Å²) in [5, 5.41) is 2.48. The largest absolute Gasteiger partial charge is 0.748 e. The predicted octanol–water partition coefficient (Wildman–Crippen LogP) is 0.702. The van der Waals surface area contributed by atoms with Crippen LogP contribution in [0.2, 0.25) is 0 Å². The van der Waals surface area contributed by atoms with Crippen LogP contribution in [0.25, 0.3) is 0 Å². The first-order chi connectivity index (χ1) is 7.49. The molecule has 0 bridgehead atoms. The van der Waals surface area contributed by atoms with Crippen molar-refractivity contribution in [2.24, 2.45) is 5.92 Å². The summed E-state index contributed by atoms with van der Waals surface area (Å²) in [6.45, 7) is 6.37. The summed E-state index contributed by atoms with van der Waals surface area (Å²) in [5.74, 6) is 0.737. The van der Waals surface area contributed by atoms with Crippen molar-refractivity contribution in [2.75, 3.05) is 18.8 Å². The van der Waals surface area contributed by atoms with E-state index in [1.54, 1.807) is 0 Å². The molecule has 1 fully saturated rings. The molecule has 1 rings (SSSR count). The lowest BCUT2D eigenvalue weighted by molar-refractivity contribution is -0.669. The van der Waals surface area contributed by atoms with Gasteiger partial charge in [-0.15, -0.1) is 0 Å². The SMILES string of the molecule is CCCCC1CCC[NH2+]C1.CCS(=O)(=O)[O-]. The molecule has 0 aromatic rings. The number of quaternary nitrogens is 1. The summed E-state index contributed by atoms with van der Waals surface area (Å²) >= 11 is 0. The van der Waals surface area contributed by atoms with Crippen LogP contribution < -0.4 is 5.32 Å². The average Bonchev–Trinajstić information content (AvgIpc) is 2.28. The molecule has 0 radical (unpaired) electrons. The van der Waals surface area contributed by atoms with Gasteiger partial charge < -0.3 is 9.87 Å². The molecule has 16 heavy (non-hydrogen) atoms. The van der Waals surface area contributed by atoms with Gasteiger partial charge >= 0.3 is 0 Å². The minimum Gasteiger partial charge on any atom is -0.748 e. The second-order valence-electron chi connectivity index (χ2n) is 4.31. The zero-order valence-electron chi connectivity index (χ0n) is 10.4. The number of piperidine rings is 1. The number of hydrogen-bond acceptors (Lipinski definition) is 3. The van der Waals surface area contributed by atoms with E-state index in [1.807, 2.05) is 0 Å². The Bertz CT molecular complexity index is 246. The number of nitrogens with two attached hydrogens (primary N) is 1. The molecule has 1 atom stereocenters. The van der Waals surface area contributed by atoms with E-state index in [4.69, 9.17) is 0 Å². The minimum absolute atomic E-state index is 0.312. The molecule has 0 aliphatic carbocycles. The normalized spacial score (nSPS) is 21.1. The lowest BCUT2D eigenvalue weighted by Gasteiger charge is -2.19. The molecule has 1 saturated heterocycles. The van der Waals surface area contributed by atoms with Crippen LogP contribution in [-0.2, 0) is 10.1 Å². The van der Waals surface area contributed by atoms with Crippen LogP contribution in [0.15, 0.2) is 0 Å². The van der Waals surface area contributed by atoms with Crippen molar-refractivity contribution in [3.05, 3.63) is 0 Å². The van der Waals surface area contributed by atoms with Gasteiger partial charge in [-0.25, -0.2) is 8.42 Å². The molecule has 1 aliphatic heterocycles. The third-order valence-electron chi connectivity index (χ3n) is 2.84. The van der Waals surface area contributed by atoms with Crippen molar-refractivity contribution in [3.63, 3.8) is 0 Å². The highest BCUT2D eigenvalue weighted by Gasteiger charge is 2.14. The summed E-state index contributed by atoms with van der Waals surface area (Å²) in [5.41, 5.74) is 0. The number of unbranched alkanes of at least 4 members (excludes halogenated alkanes) is 1. The Morgan fingerprint density at radius 1 is 1.38 bits per heavy atom. The summed E-state index contributed by atoms with van der Waals surface area (Å²) in [6, 6.07) is 0. The van der Waals surface area contributed by atoms with Gasteiger partial charge in [0.1, 0.15) is 0 Å². The van der Waals surface area contributed by atoms with Gasteiger partial charge in [-0.05, 0) is 19.3 Å². The molecule has 4 nitrogen and oxygen atoms in total. The lowest BCUT2D eigenvalue weighted by atomic mass is 9.94. The van der Waals surface area contributed by atoms with Crippen molar-refractivity contribution in [2.45, 2.75) is 46.0 Å². The Kier molecular flexibility index (Phi) is 8.89. The highest BCUT2D eigenvalue weighted by atomic mass is 32.2. The first-order valence-electron chi connectivity index (χ1n) is 6.24. The Morgan fingerprint density at radius 2 is 2.00 bits per heavy atom. The Balaban J connectivity index is 0.000000325. The van der Waals surface area contributed by atoms with Crippen LogP contribution in [0.5, 0.6) is 0 Å². The molecule has 0 aromatic carbocycles. The summed E-state index contributed by atoms with van der Waals surface area (Å²) < 4.78 is 28.3. The first kappa shape index (κ1) is 15.9. The van der Waals surface area contributed by atoms with E-state index in [2.05, 4.69) is 12.2 Å². The summed E-state index contributed by atoms with van der Waals surface area (Å²) in [4.78, 5) is 0. The summed E-state index contributed by atoms with van der Waals surface area (Å²) in [6.07, 6.45) is 7.24. The monoisotopic (exact) mass is 251 g/mol. The molecular formula is C11H25NO3S. The zero-order valence-corrected chi connectivity index (χ0v) is 11.3. The molecule has 0 saturated carbocycles. The highest BCUT2D eigenvalue weighted by Crippen LogP contribution is 2.13. The van der Waals surface area contributed by atoms with Crippen LogP contribution in [-0.4, -0.2) is 31.8 Å². The van der Waals surface area contributed by atoms with Gasteiger partial charge in [0.25, 0.3) is 0 Å². The molecular weight excluding hydrogens is 226 g/mol. The van der Waals surface area contributed by atoms with Crippen molar-refractivity contribution in [3.8, 4) is 0 Å².